The highest BCUT2D eigenvalue weighted by atomic mass is 19.4. The molecule has 0 atom stereocenters. The van der Waals surface area contributed by atoms with Crippen molar-refractivity contribution in [1.82, 2.24) is 5.32 Å². The number of aliphatic carboxylic acids is 1. The van der Waals surface area contributed by atoms with Crippen molar-refractivity contribution in [2.75, 3.05) is 6.54 Å². The Morgan fingerprint density at radius 3 is 2.18 bits per heavy atom. The van der Waals surface area contributed by atoms with Crippen LogP contribution in [-0.2, 0) is 17.8 Å². The van der Waals surface area contributed by atoms with Crippen molar-refractivity contribution in [2.45, 2.75) is 19.1 Å². The molecular weight excluding hydrogens is 235 g/mol. The molecule has 2 N–H and O–H groups in total. The van der Waals surface area contributed by atoms with Crippen molar-refractivity contribution in [3.63, 3.8) is 0 Å². The van der Waals surface area contributed by atoms with Gasteiger partial charge in [0.2, 0.25) is 0 Å². The van der Waals surface area contributed by atoms with Crippen molar-refractivity contribution >= 4 is 5.97 Å². The zero-order valence-electron chi connectivity index (χ0n) is 8.92. The fourth-order valence-corrected chi connectivity index (χ4v) is 1.30. The van der Waals surface area contributed by atoms with Gasteiger partial charge in [0, 0.05) is 6.54 Å². The molecular formula is C11H12F3NO2. The van der Waals surface area contributed by atoms with Crippen molar-refractivity contribution in [1.29, 1.82) is 0 Å². The summed E-state index contributed by atoms with van der Waals surface area (Å²) in [6.07, 6.45) is -4.31. The minimum absolute atomic E-state index is 0.0870. The Hall–Kier alpha value is -1.56. The highest BCUT2D eigenvalue weighted by Gasteiger charge is 2.25. The lowest BCUT2D eigenvalue weighted by molar-refractivity contribution is -0.136. The molecule has 0 spiro atoms. The standard InChI is InChI=1S/C11H12F3NO2/c12-11(13,14)7-15-6-9-3-1-8(2-4-9)5-10(16)17/h1-4,15H,5-7H2,(H,16,17). The van der Waals surface area contributed by atoms with Gasteiger partial charge in [0.1, 0.15) is 0 Å². The van der Waals surface area contributed by atoms with Gasteiger partial charge in [-0.2, -0.15) is 13.2 Å². The van der Waals surface area contributed by atoms with Gasteiger partial charge in [0.15, 0.2) is 0 Å². The van der Waals surface area contributed by atoms with Crippen molar-refractivity contribution in [3.8, 4) is 0 Å². The molecule has 17 heavy (non-hydrogen) atoms. The van der Waals surface area contributed by atoms with Crippen LogP contribution in [0.5, 0.6) is 0 Å². The minimum Gasteiger partial charge on any atom is -0.481 e. The predicted molar refractivity (Wildman–Crippen MR) is 55.5 cm³/mol. The molecule has 1 aromatic carbocycles. The molecule has 94 valence electrons. The number of alkyl halides is 3. The van der Waals surface area contributed by atoms with Crippen LogP contribution in [0.4, 0.5) is 13.2 Å². The summed E-state index contributed by atoms with van der Waals surface area (Å²) in [6.45, 7) is -0.934. The van der Waals surface area contributed by atoms with E-state index in [-0.39, 0.29) is 13.0 Å². The number of carboxylic acid groups (broad SMARTS) is 1. The van der Waals surface area contributed by atoms with Crippen LogP contribution in [0.15, 0.2) is 24.3 Å². The van der Waals surface area contributed by atoms with Gasteiger partial charge in [-0.25, -0.2) is 0 Å². The lowest BCUT2D eigenvalue weighted by Crippen LogP contribution is -2.28. The first-order valence-corrected chi connectivity index (χ1v) is 4.94. The number of hydrogen-bond acceptors (Lipinski definition) is 2. The monoisotopic (exact) mass is 247 g/mol. The number of rotatable bonds is 5. The lowest BCUT2D eigenvalue weighted by atomic mass is 10.1. The first kappa shape index (κ1) is 13.5. The molecule has 1 rings (SSSR count). The fraction of sp³-hybridized carbons (Fsp3) is 0.364. The summed E-state index contributed by atoms with van der Waals surface area (Å²) in [7, 11) is 0. The molecule has 3 nitrogen and oxygen atoms in total. The summed E-state index contributed by atoms with van der Waals surface area (Å²) in [4.78, 5) is 10.4. The smallest absolute Gasteiger partial charge is 0.401 e. The summed E-state index contributed by atoms with van der Waals surface area (Å²) in [5, 5.41) is 10.8. The van der Waals surface area contributed by atoms with Crippen molar-refractivity contribution < 1.29 is 23.1 Å². The van der Waals surface area contributed by atoms with E-state index in [1.807, 2.05) is 0 Å². The van der Waals surface area contributed by atoms with Gasteiger partial charge in [-0.3, -0.25) is 4.79 Å². The van der Waals surface area contributed by atoms with E-state index in [0.29, 0.717) is 11.1 Å². The van der Waals surface area contributed by atoms with Gasteiger partial charge < -0.3 is 10.4 Å². The number of benzene rings is 1. The quantitative estimate of drug-likeness (QED) is 0.836. The molecule has 0 aromatic heterocycles. The van der Waals surface area contributed by atoms with E-state index in [1.165, 1.54) is 0 Å². The fourth-order valence-electron chi connectivity index (χ4n) is 1.30. The first-order chi connectivity index (χ1) is 7.87. The second kappa shape index (κ2) is 5.67. The summed E-state index contributed by atoms with van der Waals surface area (Å²) in [6, 6.07) is 6.42. The Kier molecular flexibility index (Phi) is 4.51. The molecule has 6 heteroatoms. The molecule has 0 saturated carbocycles. The molecule has 0 radical (unpaired) electrons. The maximum absolute atomic E-state index is 11.8. The summed E-state index contributed by atoms with van der Waals surface area (Å²) in [5.41, 5.74) is 1.31. The predicted octanol–water partition coefficient (Wildman–Crippen LogP) is 1.97. The molecule has 0 heterocycles. The number of halogens is 3. The first-order valence-electron chi connectivity index (χ1n) is 4.94. The van der Waals surface area contributed by atoms with Crippen LogP contribution in [0.2, 0.25) is 0 Å². The largest absolute Gasteiger partial charge is 0.481 e. The maximum Gasteiger partial charge on any atom is 0.401 e. The summed E-state index contributed by atoms with van der Waals surface area (Å²) in [5.74, 6) is -0.937. The van der Waals surface area contributed by atoms with E-state index < -0.39 is 18.7 Å². The van der Waals surface area contributed by atoms with E-state index in [0.717, 1.165) is 0 Å². The zero-order chi connectivity index (χ0) is 12.9. The van der Waals surface area contributed by atoms with E-state index in [9.17, 15) is 18.0 Å². The molecule has 0 amide bonds. The van der Waals surface area contributed by atoms with Crippen LogP contribution in [-0.4, -0.2) is 23.8 Å². The van der Waals surface area contributed by atoms with Gasteiger partial charge in [0.25, 0.3) is 0 Å². The minimum atomic E-state index is -4.22. The van der Waals surface area contributed by atoms with E-state index in [4.69, 9.17) is 5.11 Å². The van der Waals surface area contributed by atoms with E-state index >= 15 is 0 Å². The molecule has 1 aromatic rings. The van der Waals surface area contributed by atoms with Crippen LogP contribution < -0.4 is 5.32 Å². The Labute approximate surface area is 96.3 Å². The number of nitrogens with one attached hydrogen (secondary N) is 1. The Morgan fingerprint density at radius 2 is 1.71 bits per heavy atom. The van der Waals surface area contributed by atoms with Crippen LogP contribution >= 0.6 is 0 Å². The average Bonchev–Trinajstić information content (AvgIpc) is 2.18. The second-order valence-electron chi connectivity index (χ2n) is 3.61. The van der Waals surface area contributed by atoms with E-state index in [2.05, 4.69) is 5.32 Å². The van der Waals surface area contributed by atoms with Crippen LogP contribution in [0, 0.1) is 0 Å². The normalized spacial score (nSPS) is 11.5. The third-order valence-electron chi connectivity index (χ3n) is 2.03. The van der Waals surface area contributed by atoms with Gasteiger partial charge in [-0.1, -0.05) is 24.3 Å². The summed E-state index contributed by atoms with van der Waals surface area (Å²) >= 11 is 0. The molecule has 0 fully saturated rings. The summed E-state index contributed by atoms with van der Waals surface area (Å²) < 4.78 is 35.5. The molecule has 0 saturated heterocycles. The van der Waals surface area contributed by atoms with Gasteiger partial charge in [-0.15, -0.1) is 0 Å². The number of carboxylic acids is 1. The zero-order valence-corrected chi connectivity index (χ0v) is 8.92. The molecule has 0 bridgehead atoms. The van der Waals surface area contributed by atoms with Crippen molar-refractivity contribution in [3.05, 3.63) is 35.4 Å². The molecule has 0 unspecified atom stereocenters. The van der Waals surface area contributed by atoms with Gasteiger partial charge in [0.05, 0.1) is 13.0 Å². The average molecular weight is 247 g/mol. The highest BCUT2D eigenvalue weighted by molar-refractivity contribution is 5.70. The number of hydrogen-bond donors (Lipinski definition) is 2. The topological polar surface area (TPSA) is 49.3 Å². The van der Waals surface area contributed by atoms with Crippen LogP contribution in [0.3, 0.4) is 0 Å². The lowest BCUT2D eigenvalue weighted by Gasteiger charge is -2.08. The van der Waals surface area contributed by atoms with Crippen LogP contribution in [0.1, 0.15) is 11.1 Å². The van der Waals surface area contributed by atoms with Crippen LogP contribution in [0.25, 0.3) is 0 Å². The third kappa shape index (κ3) is 5.91. The number of carbonyl (C=O) groups is 1. The second-order valence-corrected chi connectivity index (χ2v) is 3.61. The maximum atomic E-state index is 11.8. The Balaban J connectivity index is 2.43. The van der Waals surface area contributed by atoms with Gasteiger partial charge >= 0.3 is 12.1 Å². The molecule has 0 aliphatic rings. The Morgan fingerprint density at radius 1 is 1.18 bits per heavy atom. The van der Waals surface area contributed by atoms with E-state index in [1.54, 1.807) is 24.3 Å². The third-order valence-corrected chi connectivity index (χ3v) is 2.03. The highest BCUT2D eigenvalue weighted by Crippen LogP contribution is 2.12. The molecule has 0 aliphatic carbocycles. The molecule has 0 aliphatic heterocycles. The van der Waals surface area contributed by atoms with Crippen molar-refractivity contribution in [2.24, 2.45) is 0 Å². The Bertz CT molecular complexity index is 373. The van der Waals surface area contributed by atoms with Gasteiger partial charge in [-0.05, 0) is 11.1 Å². The SMILES string of the molecule is O=C(O)Cc1ccc(CNCC(F)(F)F)cc1.